The predicted octanol–water partition coefficient (Wildman–Crippen LogP) is 3.71. The fraction of sp³-hybridized carbons (Fsp3) is 0.263. The summed E-state index contributed by atoms with van der Waals surface area (Å²) in [5.74, 6) is 0.865. The highest BCUT2D eigenvalue weighted by Crippen LogP contribution is 2.21. The minimum Gasteiger partial charge on any atom is -0.338 e. The van der Waals surface area contributed by atoms with Gasteiger partial charge in [-0.2, -0.15) is 4.98 Å². The Hall–Kier alpha value is -3.06. The third-order valence-corrected chi connectivity index (χ3v) is 4.15. The Morgan fingerprint density at radius 2 is 1.96 bits per heavy atom. The minimum absolute atomic E-state index is 0.00639. The molecule has 0 N–H and O–H groups in total. The Bertz CT molecular complexity index is 864. The average molecular weight is 352 g/mol. The van der Waals surface area contributed by atoms with E-state index in [2.05, 4.69) is 34.1 Å². The summed E-state index contributed by atoms with van der Waals surface area (Å²) in [6, 6.07) is 16.5. The van der Waals surface area contributed by atoms with Crippen LogP contribution in [0.1, 0.15) is 18.4 Å². The van der Waals surface area contributed by atoms with Crippen molar-refractivity contribution in [2.45, 2.75) is 19.9 Å². The second kappa shape index (κ2) is 8.35. The fourth-order valence-electron chi connectivity index (χ4n) is 2.67. The van der Waals surface area contributed by atoms with E-state index in [0.29, 0.717) is 23.8 Å². The zero-order valence-corrected chi connectivity index (χ0v) is 14.5. The van der Waals surface area contributed by atoms with Crippen molar-refractivity contribution >= 4 is 5.69 Å². The molecular formula is C19H20N4O3. The lowest BCUT2D eigenvalue weighted by atomic mass is 10.1. The first-order valence-electron chi connectivity index (χ1n) is 8.49. The number of likely N-dealkylation sites (N-methyl/N-ethyl adjacent to an activating group) is 1. The SMILES string of the molecule is CCN(CCc1ccccc1)Cc1nc(-c2cccc([N+](=O)[O-])c2)no1. The highest BCUT2D eigenvalue weighted by atomic mass is 16.6. The molecule has 0 aliphatic heterocycles. The molecule has 7 heteroatoms. The van der Waals surface area contributed by atoms with Crippen LogP contribution in [0.5, 0.6) is 0 Å². The zero-order valence-electron chi connectivity index (χ0n) is 14.5. The van der Waals surface area contributed by atoms with Crippen LogP contribution in [-0.4, -0.2) is 33.1 Å². The van der Waals surface area contributed by atoms with Gasteiger partial charge in [-0.1, -0.05) is 54.5 Å². The molecule has 0 aliphatic rings. The lowest BCUT2D eigenvalue weighted by Crippen LogP contribution is -2.25. The van der Waals surface area contributed by atoms with Crippen molar-refractivity contribution in [1.82, 2.24) is 15.0 Å². The number of rotatable bonds is 8. The standard InChI is InChI=1S/C19H20N4O3/c1-2-22(12-11-15-7-4-3-5-8-15)14-18-20-19(21-26-18)16-9-6-10-17(13-16)23(24)25/h3-10,13H,2,11-12,14H2,1H3. The minimum atomic E-state index is -0.438. The first-order valence-corrected chi connectivity index (χ1v) is 8.49. The van der Waals surface area contributed by atoms with Crippen LogP contribution in [0.4, 0.5) is 5.69 Å². The van der Waals surface area contributed by atoms with Crippen LogP contribution in [0, 0.1) is 10.1 Å². The molecule has 0 atom stereocenters. The molecule has 0 bridgehead atoms. The Labute approximate surface area is 151 Å². The van der Waals surface area contributed by atoms with Gasteiger partial charge in [-0.3, -0.25) is 15.0 Å². The van der Waals surface area contributed by atoms with Crippen molar-refractivity contribution < 1.29 is 9.45 Å². The van der Waals surface area contributed by atoms with Gasteiger partial charge in [-0.25, -0.2) is 0 Å². The Morgan fingerprint density at radius 3 is 2.69 bits per heavy atom. The molecule has 0 spiro atoms. The summed E-state index contributed by atoms with van der Waals surface area (Å²) in [6.45, 7) is 4.38. The van der Waals surface area contributed by atoms with Gasteiger partial charge >= 0.3 is 0 Å². The van der Waals surface area contributed by atoms with Gasteiger partial charge in [0.2, 0.25) is 11.7 Å². The van der Waals surface area contributed by atoms with E-state index < -0.39 is 4.92 Å². The van der Waals surface area contributed by atoms with Crippen molar-refractivity contribution in [3.05, 3.63) is 76.2 Å². The van der Waals surface area contributed by atoms with Gasteiger partial charge in [0.1, 0.15) is 0 Å². The van der Waals surface area contributed by atoms with E-state index in [1.807, 2.05) is 18.2 Å². The molecular weight excluding hydrogens is 332 g/mol. The number of nitro groups is 1. The molecule has 1 aromatic heterocycles. The molecule has 1 heterocycles. The smallest absolute Gasteiger partial charge is 0.270 e. The quantitative estimate of drug-likeness (QED) is 0.454. The molecule has 0 radical (unpaired) electrons. The number of hydrogen-bond donors (Lipinski definition) is 0. The maximum absolute atomic E-state index is 10.9. The number of non-ortho nitro benzene ring substituents is 1. The van der Waals surface area contributed by atoms with Crippen molar-refractivity contribution in [2.24, 2.45) is 0 Å². The van der Waals surface area contributed by atoms with Crippen molar-refractivity contribution in [1.29, 1.82) is 0 Å². The highest BCUT2D eigenvalue weighted by molar-refractivity contribution is 5.58. The third kappa shape index (κ3) is 4.52. The van der Waals surface area contributed by atoms with Crippen LogP contribution in [0.25, 0.3) is 11.4 Å². The van der Waals surface area contributed by atoms with Crippen LogP contribution in [0.2, 0.25) is 0 Å². The number of hydrogen-bond acceptors (Lipinski definition) is 6. The second-order valence-corrected chi connectivity index (χ2v) is 5.92. The monoisotopic (exact) mass is 352 g/mol. The van der Waals surface area contributed by atoms with E-state index in [0.717, 1.165) is 19.5 Å². The lowest BCUT2D eigenvalue weighted by molar-refractivity contribution is -0.384. The van der Waals surface area contributed by atoms with Crippen LogP contribution in [0.3, 0.4) is 0 Å². The van der Waals surface area contributed by atoms with Gasteiger partial charge in [0.15, 0.2) is 0 Å². The molecule has 0 saturated carbocycles. The molecule has 0 fully saturated rings. The molecule has 7 nitrogen and oxygen atoms in total. The Kier molecular flexibility index (Phi) is 5.70. The van der Waals surface area contributed by atoms with Crippen molar-refractivity contribution in [3.63, 3.8) is 0 Å². The zero-order chi connectivity index (χ0) is 18.4. The number of benzene rings is 2. The number of aromatic nitrogens is 2. The molecule has 0 saturated heterocycles. The largest absolute Gasteiger partial charge is 0.338 e. The van der Waals surface area contributed by atoms with Crippen LogP contribution in [0.15, 0.2) is 59.1 Å². The van der Waals surface area contributed by atoms with Crippen LogP contribution >= 0.6 is 0 Å². The molecule has 2 aromatic carbocycles. The Balaban J connectivity index is 1.65. The molecule has 134 valence electrons. The van der Waals surface area contributed by atoms with E-state index in [1.165, 1.54) is 17.7 Å². The summed E-state index contributed by atoms with van der Waals surface area (Å²) < 4.78 is 5.33. The summed E-state index contributed by atoms with van der Waals surface area (Å²) in [5, 5.41) is 14.9. The fourth-order valence-corrected chi connectivity index (χ4v) is 2.67. The Morgan fingerprint density at radius 1 is 1.15 bits per heavy atom. The molecule has 0 aliphatic carbocycles. The van der Waals surface area contributed by atoms with Gasteiger partial charge < -0.3 is 4.52 Å². The van der Waals surface area contributed by atoms with Crippen molar-refractivity contribution in [2.75, 3.05) is 13.1 Å². The topological polar surface area (TPSA) is 85.3 Å². The molecule has 26 heavy (non-hydrogen) atoms. The van der Waals surface area contributed by atoms with Gasteiger partial charge in [-0.15, -0.1) is 0 Å². The van der Waals surface area contributed by atoms with Crippen LogP contribution < -0.4 is 0 Å². The third-order valence-electron chi connectivity index (χ3n) is 4.15. The summed E-state index contributed by atoms with van der Waals surface area (Å²) in [6.07, 6.45) is 0.945. The van der Waals surface area contributed by atoms with E-state index >= 15 is 0 Å². The first-order chi connectivity index (χ1) is 12.7. The summed E-state index contributed by atoms with van der Waals surface area (Å²) >= 11 is 0. The predicted molar refractivity (Wildman–Crippen MR) is 97.5 cm³/mol. The van der Waals surface area contributed by atoms with Gasteiger partial charge in [-0.05, 0) is 18.5 Å². The summed E-state index contributed by atoms with van der Waals surface area (Å²) in [4.78, 5) is 17.1. The number of nitrogens with zero attached hydrogens (tertiary/aromatic N) is 4. The van der Waals surface area contributed by atoms with E-state index in [4.69, 9.17) is 4.52 Å². The number of nitro benzene ring substituents is 1. The molecule has 0 unspecified atom stereocenters. The van der Waals surface area contributed by atoms with Gasteiger partial charge in [0.25, 0.3) is 5.69 Å². The van der Waals surface area contributed by atoms with Gasteiger partial charge in [0, 0.05) is 24.2 Å². The molecule has 3 aromatic rings. The second-order valence-electron chi connectivity index (χ2n) is 5.92. The van der Waals surface area contributed by atoms with Gasteiger partial charge in [0.05, 0.1) is 11.5 Å². The first kappa shape index (κ1) is 17.8. The highest BCUT2D eigenvalue weighted by Gasteiger charge is 2.14. The van der Waals surface area contributed by atoms with E-state index in [-0.39, 0.29) is 5.69 Å². The van der Waals surface area contributed by atoms with Crippen molar-refractivity contribution in [3.8, 4) is 11.4 Å². The maximum Gasteiger partial charge on any atom is 0.270 e. The molecule has 3 rings (SSSR count). The summed E-state index contributed by atoms with van der Waals surface area (Å²) in [5.41, 5.74) is 1.86. The van der Waals surface area contributed by atoms with E-state index in [1.54, 1.807) is 12.1 Å². The van der Waals surface area contributed by atoms with E-state index in [9.17, 15) is 10.1 Å². The average Bonchev–Trinajstić information content (AvgIpc) is 3.14. The summed E-state index contributed by atoms with van der Waals surface area (Å²) in [7, 11) is 0. The molecule has 0 amide bonds. The normalized spacial score (nSPS) is 11.0. The lowest BCUT2D eigenvalue weighted by Gasteiger charge is -2.17. The van der Waals surface area contributed by atoms with Crippen LogP contribution in [-0.2, 0) is 13.0 Å². The maximum atomic E-state index is 10.9.